The lowest BCUT2D eigenvalue weighted by Crippen LogP contribution is -2.47. The highest BCUT2D eigenvalue weighted by atomic mass is 16.5. The van der Waals surface area contributed by atoms with E-state index in [4.69, 9.17) is 9.84 Å². The third kappa shape index (κ3) is 5.30. The van der Waals surface area contributed by atoms with Gasteiger partial charge in [0.25, 0.3) is 0 Å². The number of nitrogens with one attached hydrogen (secondary N) is 2. The zero-order chi connectivity index (χ0) is 18.6. The second kappa shape index (κ2) is 7.66. The summed E-state index contributed by atoms with van der Waals surface area (Å²) in [6, 6.07) is 2.89. The maximum Gasteiger partial charge on any atom is 0.337 e. The van der Waals surface area contributed by atoms with E-state index >= 15 is 0 Å². The van der Waals surface area contributed by atoms with Gasteiger partial charge in [0.1, 0.15) is 5.82 Å². The van der Waals surface area contributed by atoms with Crippen LogP contribution in [0.4, 0.5) is 16.3 Å². The van der Waals surface area contributed by atoms with Crippen LogP contribution in [0.2, 0.25) is 0 Å². The number of nitrogens with zero attached hydrogens (tertiary/aromatic N) is 2. The van der Waals surface area contributed by atoms with Crippen LogP contribution in [-0.2, 0) is 9.53 Å². The monoisotopic (exact) mass is 352 g/mol. The molecule has 0 aromatic carbocycles. The van der Waals surface area contributed by atoms with Crippen LogP contribution in [0.15, 0.2) is 18.3 Å². The van der Waals surface area contributed by atoms with E-state index in [1.165, 1.54) is 6.20 Å². The number of ether oxygens (including phenoxy) is 1. The van der Waals surface area contributed by atoms with Crippen molar-refractivity contribution in [2.24, 2.45) is 0 Å². The average molecular weight is 352 g/mol. The van der Waals surface area contributed by atoms with Crippen molar-refractivity contribution in [1.82, 2.24) is 10.3 Å². The van der Waals surface area contributed by atoms with Crippen LogP contribution in [-0.4, -0.2) is 64.6 Å². The molecule has 1 aliphatic rings. The Labute approximate surface area is 146 Å². The number of morpholine rings is 1. The number of aromatic nitrogens is 1. The highest BCUT2D eigenvalue weighted by molar-refractivity contribution is 5.89. The fraction of sp³-hybridized carbons (Fsp3) is 0.562. The number of carboxylic acid groups (broad SMARTS) is 1. The Bertz CT molecular complexity index is 609. The summed E-state index contributed by atoms with van der Waals surface area (Å²) < 4.78 is 5.69. The van der Waals surface area contributed by atoms with E-state index in [-0.39, 0.29) is 12.2 Å². The fourth-order valence-corrected chi connectivity index (χ4v) is 2.52. The SMILES string of the molecule is CC1CN(c2ccc(NC(=O)NCC(C)(O)C(=O)O)cn2)CC(C)O1. The fourth-order valence-electron chi connectivity index (χ4n) is 2.52. The molecule has 0 radical (unpaired) electrons. The molecule has 9 heteroatoms. The summed E-state index contributed by atoms with van der Waals surface area (Å²) in [6.07, 6.45) is 1.77. The number of hydrogen-bond acceptors (Lipinski definition) is 6. The molecule has 2 amide bonds. The normalized spacial score (nSPS) is 22.8. The number of carboxylic acids is 1. The molecule has 4 N–H and O–H groups in total. The summed E-state index contributed by atoms with van der Waals surface area (Å²) in [5.74, 6) is -0.616. The van der Waals surface area contributed by atoms with Crippen molar-refractivity contribution in [3.05, 3.63) is 18.3 Å². The molecule has 1 saturated heterocycles. The van der Waals surface area contributed by atoms with Crippen molar-refractivity contribution in [3.8, 4) is 0 Å². The molecular weight excluding hydrogens is 328 g/mol. The number of urea groups is 1. The van der Waals surface area contributed by atoms with Crippen molar-refractivity contribution >= 4 is 23.5 Å². The molecule has 9 nitrogen and oxygen atoms in total. The molecule has 3 unspecified atom stereocenters. The Balaban J connectivity index is 1.89. The lowest BCUT2D eigenvalue weighted by Gasteiger charge is -2.36. The van der Waals surface area contributed by atoms with Crippen LogP contribution in [0.25, 0.3) is 0 Å². The van der Waals surface area contributed by atoms with E-state index in [1.54, 1.807) is 12.1 Å². The van der Waals surface area contributed by atoms with Gasteiger partial charge in [-0.3, -0.25) is 0 Å². The standard InChI is InChI=1S/C16H24N4O5/c1-10-7-20(8-11(2)25-10)13-5-4-12(6-17-13)19-15(23)18-9-16(3,24)14(21)22/h4-6,10-11,24H,7-9H2,1-3H3,(H,21,22)(H2,18,19,23). The van der Waals surface area contributed by atoms with Gasteiger partial charge >= 0.3 is 12.0 Å². The summed E-state index contributed by atoms with van der Waals surface area (Å²) in [6.45, 7) is 6.20. The van der Waals surface area contributed by atoms with Gasteiger partial charge in [0.05, 0.1) is 30.6 Å². The minimum Gasteiger partial charge on any atom is -0.479 e. The van der Waals surface area contributed by atoms with Gasteiger partial charge in [0.15, 0.2) is 5.60 Å². The number of carbonyl (C=O) groups excluding carboxylic acids is 1. The van der Waals surface area contributed by atoms with E-state index in [0.29, 0.717) is 5.69 Å². The maximum atomic E-state index is 11.8. The lowest BCUT2D eigenvalue weighted by molar-refractivity contribution is -0.155. The molecule has 2 heterocycles. The Hall–Kier alpha value is -2.39. The molecule has 2 rings (SSSR count). The maximum absolute atomic E-state index is 11.8. The minimum atomic E-state index is -2.02. The predicted octanol–water partition coefficient (Wildman–Crippen LogP) is 0.652. The minimum absolute atomic E-state index is 0.121. The Kier molecular flexibility index (Phi) is 5.81. The van der Waals surface area contributed by atoms with Crippen molar-refractivity contribution < 1.29 is 24.5 Å². The number of aliphatic hydroxyl groups is 1. The quantitative estimate of drug-likeness (QED) is 0.613. The van der Waals surface area contributed by atoms with Gasteiger partial charge in [-0.05, 0) is 32.9 Å². The number of carbonyl (C=O) groups is 2. The first-order valence-electron chi connectivity index (χ1n) is 8.04. The van der Waals surface area contributed by atoms with Crippen LogP contribution in [0.3, 0.4) is 0 Å². The molecule has 1 fully saturated rings. The largest absolute Gasteiger partial charge is 0.479 e. The number of amides is 2. The van der Waals surface area contributed by atoms with E-state index in [0.717, 1.165) is 25.8 Å². The van der Waals surface area contributed by atoms with Gasteiger partial charge in [-0.2, -0.15) is 0 Å². The molecule has 0 saturated carbocycles. The number of hydrogen-bond donors (Lipinski definition) is 4. The van der Waals surface area contributed by atoms with E-state index < -0.39 is 24.1 Å². The average Bonchev–Trinajstić information content (AvgIpc) is 2.52. The topological polar surface area (TPSA) is 124 Å². The van der Waals surface area contributed by atoms with E-state index in [2.05, 4.69) is 20.5 Å². The molecule has 138 valence electrons. The smallest absolute Gasteiger partial charge is 0.337 e. The van der Waals surface area contributed by atoms with Crippen molar-refractivity contribution in [2.75, 3.05) is 29.9 Å². The summed E-state index contributed by atoms with van der Waals surface area (Å²) in [7, 11) is 0. The van der Waals surface area contributed by atoms with Gasteiger partial charge in [0.2, 0.25) is 0 Å². The highest BCUT2D eigenvalue weighted by Crippen LogP contribution is 2.19. The van der Waals surface area contributed by atoms with Crippen molar-refractivity contribution in [2.45, 2.75) is 38.6 Å². The van der Waals surface area contributed by atoms with Gasteiger partial charge < -0.3 is 30.5 Å². The highest BCUT2D eigenvalue weighted by Gasteiger charge is 2.30. The number of pyridine rings is 1. The van der Waals surface area contributed by atoms with Crippen LogP contribution in [0.1, 0.15) is 20.8 Å². The van der Waals surface area contributed by atoms with E-state index in [9.17, 15) is 14.7 Å². The number of anilines is 2. The molecule has 1 aromatic rings. The molecular formula is C16H24N4O5. The molecule has 3 atom stereocenters. The van der Waals surface area contributed by atoms with Crippen molar-refractivity contribution in [1.29, 1.82) is 0 Å². The van der Waals surface area contributed by atoms with Gasteiger partial charge in [0, 0.05) is 13.1 Å². The Morgan fingerprint density at radius 1 is 1.36 bits per heavy atom. The molecule has 0 bridgehead atoms. The summed E-state index contributed by atoms with van der Waals surface area (Å²) >= 11 is 0. The van der Waals surface area contributed by atoms with Crippen LogP contribution < -0.4 is 15.5 Å². The zero-order valence-electron chi connectivity index (χ0n) is 14.5. The van der Waals surface area contributed by atoms with Crippen LogP contribution >= 0.6 is 0 Å². The summed E-state index contributed by atoms with van der Waals surface area (Å²) in [4.78, 5) is 29.0. The number of rotatable bonds is 5. The zero-order valence-corrected chi connectivity index (χ0v) is 14.5. The second-order valence-electron chi connectivity index (χ2n) is 6.45. The molecule has 1 aromatic heterocycles. The van der Waals surface area contributed by atoms with Crippen LogP contribution in [0.5, 0.6) is 0 Å². The van der Waals surface area contributed by atoms with E-state index in [1.807, 2.05) is 13.8 Å². The molecule has 0 aliphatic carbocycles. The summed E-state index contributed by atoms with van der Waals surface area (Å²) in [5, 5.41) is 23.2. The van der Waals surface area contributed by atoms with Crippen molar-refractivity contribution in [3.63, 3.8) is 0 Å². The molecule has 1 aliphatic heterocycles. The number of aliphatic carboxylic acids is 1. The van der Waals surface area contributed by atoms with Gasteiger partial charge in [-0.15, -0.1) is 0 Å². The predicted molar refractivity (Wildman–Crippen MR) is 91.7 cm³/mol. The van der Waals surface area contributed by atoms with Crippen LogP contribution in [0, 0.1) is 0 Å². The first-order valence-corrected chi connectivity index (χ1v) is 8.04. The van der Waals surface area contributed by atoms with Gasteiger partial charge in [-0.1, -0.05) is 0 Å². The molecule has 0 spiro atoms. The third-order valence-corrected chi connectivity index (χ3v) is 3.80. The first-order chi connectivity index (χ1) is 11.7. The lowest BCUT2D eigenvalue weighted by atomic mass is 10.1. The first kappa shape index (κ1) is 18.9. The molecule has 25 heavy (non-hydrogen) atoms. The summed E-state index contributed by atoms with van der Waals surface area (Å²) in [5.41, 5.74) is -1.56. The third-order valence-electron chi connectivity index (χ3n) is 3.80. The Morgan fingerprint density at radius 2 is 2.00 bits per heavy atom. The van der Waals surface area contributed by atoms with Gasteiger partial charge in [-0.25, -0.2) is 14.6 Å². The Morgan fingerprint density at radius 3 is 2.52 bits per heavy atom. The second-order valence-corrected chi connectivity index (χ2v) is 6.45.